The summed E-state index contributed by atoms with van der Waals surface area (Å²) in [6, 6.07) is 0. The van der Waals surface area contributed by atoms with Gasteiger partial charge in [-0.1, -0.05) is 13.8 Å². The largest absolute Gasteiger partial charge is 0.224 e. The molecule has 0 saturated carbocycles. The first-order valence-electron chi connectivity index (χ1n) is 2.86. The smallest absolute Gasteiger partial charge is 0.218 e. The van der Waals surface area contributed by atoms with Crippen molar-refractivity contribution in [2.24, 2.45) is 5.92 Å². The number of hydrogen-bond acceptors (Lipinski definition) is 0. The fourth-order valence-electron chi connectivity index (χ4n) is 0.676. The van der Waals surface area contributed by atoms with Crippen LogP contribution >= 0.6 is 0 Å². The van der Waals surface area contributed by atoms with Crippen LogP contribution < -0.4 is 0 Å². The Hall–Kier alpha value is -0.330. The molecule has 1 nitrogen and oxygen atoms in total. The lowest BCUT2D eigenvalue weighted by Gasteiger charge is -1.90. The zero-order valence-electron chi connectivity index (χ0n) is 5.02. The molecule has 7 heavy (non-hydrogen) atoms. The van der Waals surface area contributed by atoms with Crippen LogP contribution in [0.15, 0.2) is 0 Å². The first-order valence-corrected chi connectivity index (χ1v) is 2.86. The fourth-order valence-corrected chi connectivity index (χ4v) is 0.676. The highest BCUT2D eigenvalue weighted by molar-refractivity contribution is 5.60. The molecule has 1 rings (SSSR count). The Labute approximate surface area is 44.7 Å². The second-order valence-electron chi connectivity index (χ2n) is 2.53. The Bertz CT molecular complexity index is 92.4. The normalized spacial score (nSPS) is 17.3. The molecule has 1 aliphatic heterocycles. The maximum atomic E-state index is 2.32. The summed E-state index contributed by atoms with van der Waals surface area (Å²) in [4.78, 5) is 0. The first-order chi connectivity index (χ1) is 3.29. The lowest BCUT2D eigenvalue weighted by Crippen LogP contribution is -2.02. The fraction of sp³-hybridized carbons (Fsp3) is 0.833. The monoisotopic (exact) mass is 98.1 g/mol. The van der Waals surface area contributed by atoms with Gasteiger partial charge in [-0.2, -0.15) is 0 Å². The molecule has 0 amide bonds. The summed E-state index contributed by atoms with van der Waals surface area (Å²) in [5, 5.41) is 0. The summed E-state index contributed by atoms with van der Waals surface area (Å²) in [6.07, 6.45) is 2.22. The van der Waals surface area contributed by atoms with E-state index in [1.54, 1.807) is 0 Å². The summed E-state index contributed by atoms with van der Waals surface area (Å²) in [5.74, 6) is 0.832. The molecule has 0 unspecified atom stereocenters. The topological polar surface area (TPSA) is 3.01 Å². The Morgan fingerprint density at radius 2 is 2.29 bits per heavy atom. The van der Waals surface area contributed by atoms with Crippen LogP contribution in [-0.4, -0.2) is 23.9 Å². The third kappa shape index (κ3) is 1.72. The van der Waals surface area contributed by atoms with Gasteiger partial charge in [0, 0.05) is 5.92 Å². The Balaban J connectivity index is 2.09. The third-order valence-corrected chi connectivity index (χ3v) is 1.04. The van der Waals surface area contributed by atoms with Crippen molar-refractivity contribution in [2.75, 3.05) is 13.1 Å². The van der Waals surface area contributed by atoms with E-state index in [2.05, 4.69) is 24.6 Å². The molecule has 0 aliphatic carbocycles. The summed E-state index contributed by atoms with van der Waals surface area (Å²) < 4.78 is 2.32. The molecule has 0 N–H and O–H groups in total. The van der Waals surface area contributed by atoms with Crippen LogP contribution in [0, 0.1) is 5.92 Å². The van der Waals surface area contributed by atoms with Gasteiger partial charge in [-0.25, -0.2) is 4.58 Å². The van der Waals surface area contributed by atoms with Gasteiger partial charge in [-0.05, 0) is 0 Å². The lowest BCUT2D eigenvalue weighted by molar-refractivity contribution is -0.446. The van der Waals surface area contributed by atoms with Gasteiger partial charge in [0.2, 0.25) is 12.8 Å². The van der Waals surface area contributed by atoms with E-state index < -0.39 is 0 Å². The molecule has 1 aliphatic rings. The average molecular weight is 98.2 g/mol. The first kappa shape index (κ1) is 4.82. The minimum absolute atomic E-state index is 0.832. The van der Waals surface area contributed by atoms with Crippen molar-refractivity contribution in [3.05, 3.63) is 0 Å². The van der Waals surface area contributed by atoms with Crippen LogP contribution in [-0.2, 0) is 0 Å². The maximum Gasteiger partial charge on any atom is 0.218 e. The minimum Gasteiger partial charge on any atom is -0.224 e. The molecule has 0 radical (unpaired) electrons. The summed E-state index contributed by atoms with van der Waals surface area (Å²) in [6.45, 7) is 6.95. The van der Waals surface area contributed by atoms with Gasteiger partial charge in [0.15, 0.2) is 0 Å². The standard InChI is InChI=1S/C6H12N/c1-6(2)5-7-3-4-7/h3,6H,4-5H2,1-2H3/q+1. The van der Waals surface area contributed by atoms with Crippen LogP contribution in [0.4, 0.5) is 0 Å². The molecule has 0 aromatic heterocycles. The van der Waals surface area contributed by atoms with Crippen LogP contribution in [0.3, 0.4) is 0 Å². The highest BCUT2D eigenvalue weighted by Gasteiger charge is 2.16. The number of hydrogen-bond donors (Lipinski definition) is 0. The zero-order valence-corrected chi connectivity index (χ0v) is 5.02. The highest BCUT2D eigenvalue weighted by atomic mass is 15.1. The van der Waals surface area contributed by atoms with E-state index in [0.717, 1.165) is 5.92 Å². The van der Waals surface area contributed by atoms with Gasteiger partial charge >= 0.3 is 0 Å². The highest BCUT2D eigenvalue weighted by Crippen LogP contribution is 1.95. The van der Waals surface area contributed by atoms with E-state index in [-0.39, 0.29) is 0 Å². The van der Waals surface area contributed by atoms with E-state index in [9.17, 15) is 0 Å². The van der Waals surface area contributed by atoms with Crippen molar-refractivity contribution in [1.82, 2.24) is 0 Å². The summed E-state index contributed by atoms with van der Waals surface area (Å²) in [5.41, 5.74) is 0. The minimum atomic E-state index is 0.832. The third-order valence-electron chi connectivity index (χ3n) is 1.04. The SMILES string of the molecule is CC(C)C[N+]1=CC1. The molecule has 0 fully saturated rings. The number of nitrogens with zero attached hydrogens (tertiary/aromatic N) is 1. The molecule has 40 valence electrons. The zero-order chi connectivity index (χ0) is 5.28. The Kier molecular flexibility index (Phi) is 1.13. The molecule has 0 aromatic rings. The van der Waals surface area contributed by atoms with Gasteiger partial charge in [0.25, 0.3) is 0 Å². The van der Waals surface area contributed by atoms with Crippen molar-refractivity contribution in [3.63, 3.8) is 0 Å². The van der Waals surface area contributed by atoms with E-state index in [1.807, 2.05) is 0 Å². The Morgan fingerprint density at radius 1 is 1.71 bits per heavy atom. The molecule has 0 atom stereocenters. The number of rotatable bonds is 2. The quantitative estimate of drug-likeness (QED) is 0.448. The van der Waals surface area contributed by atoms with Crippen molar-refractivity contribution >= 4 is 6.21 Å². The van der Waals surface area contributed by atoms with Crippen LogP contribution in [0.1, 0.15) is 13.8 Å². The lowest BCUT2D eigenvalue weighted by atomic mass is 10.2. The molecule has 0 aromatic carbocycles. The van der Waals surface area contributed by atoms with Crippen molar-refractivity contribution in [2.45, 2.75) is 13.8 Å². The maximum absolute atomic E-state index is 2.32. The summed E-state index contributed by atoms with van der Waals surface area (Å²) >= 11 is 0. The van der Waals surface area contributed by atoms with Crippen LogP contribution in [0.25, 0.3) is 0 Å². The molecular weight excluding hydrogens is 86.1 g/mol. The second kappa shape index (κ2) is 1.65. The van der Waals surface area contributed by atoms with Gasteiger partial charge in [-0.3, -0.25) is 0 Å². The van der Waals surface area contributed by atoms with Crippen molar-refractivity contribution in [1.29, 1.82) is 0 Å². The van der Waals surface area contributed by atoms with E-state index >= 15 is 0 Å². The Morgan fingerprint density at radius 3 is 2.43 bits per heavy atom. The predicted octanol–water partition coefficient (Wildman–Crippen LogP) is 0.739. The van der Waals surface area contributed by atoms with E-state index in [4.69, 9.17) is 0 Å². The van der Waals surface area contributed by atoms with Gasteiger partial charge in [-0.15, -0.1) is 0 Å². The molecule has 0 bridgehead atoms. The summed E-state index contributed by atoms with van der Waals surface area (Å²) in [7, 11) is 0. The second-order valence-corrected chi connectivity index (χ2v) is 2.53. The van der Waals surface area contributed by atoms with E-state index in [0.29, 0.717) is 0 Å². The molecule has 1 heteroatoms. The van der Waals surface area contributed by atoms with Crippen molar-refractivity contribution < 1.29 is 4.58 Å². The van der Waals surface area contributed by atoms with Gasteiger partial charge in [0.1, 0.15) is 6.54 Å². The van der Waals surface area contributed by atoms with Gasteiger partial charge in [0.05, 0.1) is 0 Å². The van der Waals surface area contributed by atoms with Crippen LogP contribution in [0.5, 0.6) is 0 Å². The van der Waals surface area contributed by atoms with E-state index in [1.165, 1.54) is 13.1 Å². The predicted molar refractivity (Wildman–Crippen MR) is 30.9 cm³/mol. The molecule has 0 spiro atoms. The average Bonchev–Trinajstić information content (AvgIpc) is 2.17. The van der Waals surface area contributed by atoms with Gasteiger partial charge < -0.3 is 0 Å². The molecule has 0 saturated heterocycles. The molecular formula is C6H12N+. The molecule has 1 heterocycles. The van der Waals surface area contributed by atoms with Crippen LogP contribution in [0.2, 0.25) is 0 Å². The van der Waals surface area contributed by atoms with Crippen molar-refractivity contribution in [3.8, 4) is 0 Å².